The van der Waals surface area contributed by atoms with Crippen molar-refractivity contribution >= 4 is 22.8 Å². The third kappa shape index (κ3) is 3.78. The smallest absolute Gasteiger partial charge is 0.304 e. The van der Waals surface area contributed by atoms with Crippen molar-refractivity contribution in [2.75, 3.05) is 0 Å². The lowest BCUT2D eigenvalue weighted by molar-refractivity contribution is -0.148. The Bertz CT molecular complexity index is 543. The van der Waals surface area contributed by atoms with Crippen LogP contribution in [0.5, 0.6) is 0 Å². The zero-order valence-electron chi connectivity index (χ0n) is 11.5. The first-order valence-electron chi connectivity index (χ1n) is 6.46. The van der Waals surface area contributed by atoms with Crippen LogP contribution in [0.25, 0.3) is 0 Å². The lowest BCUT2D eigenvalue weighted by Crippen LogP contribution is -2.28. The summed E-state index contributed by atoms with van der Waals surface area (Å²) in [5.41, 5.74) is 0.0559. The molecule has 0 unspecified atom stereocenters. The molecule has 2 rings (SSSR count). The van der Waals surface area contributed by atoms with Crippen LogP contribution >= 0.6 is 11.8 Å². The van der Waals surface area contributed by atoms with Crippen LogP contribution in [0.2, 0.25) is 0 Å². The quantitative estimate of drug-likeness (QED) is 0.927. The van der Waals surface area contributed by atoms with E-state index in [0.717, 1.165) is 11.8 Å². The van der Waals surface area contributed by atoms with Crippen LogP contribution in [0.4, 0.5) is 13.2 Å². The van der Waals surface area contributed by atoms with Crippen molar-refractivity contribution in [1.29, 1.82) is 0 Å². The molecule has 1 saturated heterocycles. The minimum Gasteiger partial charge on any atom is -0.304 e. The van der Waals surface area contributed by atoms with Gasteiger partial charge in [0.1, 0.15) is 0 Å². The van der Waals surface area contributed by atoms with Gasteiger partial charge in [-0.15, -0.1) is 0 Å². The molecule has 0 spiro atoms. The normalized spacial score (nSPS) is 22.7. The van der Waals surface area contributed by atoms with Gasteiger partial charge >= 0.3 is 6.18 Å². The largest absolute Gasteiger partial charge is 0.415 e. The van der Waals surface area contributed by atoms with Gasteiger partial charge in [0.15, 0.2) is 11.2 Å². The molecule has 7 heteroatoms. The van der Waals surface area contributed by atoms with Gasteiger partial charge in [0.05, 0.1) is 5.25 Å². The zero-order chi connectivity index (χ0) is 15.6. The van der Waals surface area contributed by atoms with Crippen molar-refractivity contribution in [3.05, 3.63) is 35.9 Å². The molecule has 1 N–H and O–H groups in total. The van der Waals surface area contributed by atoms with Crippen LogP contribution in [-0.4, -0.2) is 22.5 Å². The average molecular weight is 316 g/mol. The van der Waals surface area contributed by atoms with Gasteiger partial charge in [-0.05, 0) is 11.5 Å². The second-order valence-corrected chi connectivity index (χ2v) is 6.19. The van der Waals surface area contributed by atoms with Gasteiger partial charge in [-0.1, -0.05) is 55.9 Å². The van der Waals surface area contributed by atoms with E-state index in [1.54, 1.807) is 6.07 Å². The molecule has 3 nitrogen and oxygen atoms in total. The standard InChI is InChI=1S/C14H15F3N2OS/c1-8(2)10-12(20)19-13(21-10)18-11(14(15,16)17)9-6-4-3-5-7-9/h3-8,10-11H,1-2H3,(H,18,19,20)/t10-,11+/m1/s1. The summed E-state index contributed by atoms with van der Waals surface area (Å²) in [4.78, 5) is 15.4. The fraction of sp³-hybridized carbons (Fsp3) is 0.429. The number of hydrogen-bond acceptors (Lipinski definition) is 3. The molecule has 0 bridgehead atoms. The van der Waals surface area contributed by atoms with Crippen molar-refractivity contribution in [2.24, 2.45) is 10.9 Å². The van der Waals surface area contributed by atoms with E-state index in [9.17, 15) is 18.0 Å². The van der Waals surface area contributed by atoms with Crippen molar-refractivity contribution in [3.63, 3.8) is 0 Å². The highest BCUT2D eigenvalue weighted by atomic mass is 32.2. The number of carbonyl (C=O) groups is 1. The van der Waals surface area contributed by atoms with Gasteiger partial charge in [0.25, 0.3) is 0 Å². The van der Waals surface area contributed by atoms with E-state index in [4.69, 9.17) is 0 Å². The van der Waals surface area contributed by atoms with Gasteiger partial charge in [0.2, 0.25) is 5.91 Å². The number of halogens is 3. The minimum atomic E-state index is -4.50. The minimum absolute atomic E-state index is 0.0313. The maximum Gasteiger partial charge on any atom is 0.415 e. The summed E-state index contributed by atoms with van der Waals surface area (Å²) in [6, 6.07) is 5.50. The molecular formula is C14H15F3N2OS. The lowest BCUT2D eigenvalue weighted by atomic mass is 10.1. The number of carbonyl (C=O) groups excluding carboxylic acids is 1. The van der Waals surface area contributed by atoms with Gasteiger partial charge in [0, 0.05) is 0 Å². The van der Waals surface area contributed by atoms with Crippen LogP contribution < -0.4 is 5.32 Å². The molecule has 1 aromatic carbocycles. The third-order valence-corrected chi connectivity index (χ3v) is 4.45. The van der Waals surface area contributed by atoms with Gasteiger partial charge < -0.3 is 5.32 Å². The number of rotatable bonds is 3. The first-order chi connectivity index (χ1) is 9.79. The summed E-state index contributed by atoms with van der Waals surface area (Å²) < 4.78 is 39.5. The SMILES string of the molecule is CC(C)[C@H]1SC(=N[C@@H](c2ccccc2)C(F)(F)F)NC1=O. The molecule has 0 radical (unpaired) electrons. The van der Waals surface area contributed by atoms with Crippen LogP contribution in [0.1, 0.15) is 25.5 Å². The van der Waals surface area contributed by atoms with Crippen LogP contribution in [0.15, 0.2) is 35.3 Å². The van der Waals surface area contributed by atoms with Gasteiger partial charge in [-0.25, -0.2) is 4.99 Å². The van der Waals surface area contributed by atoms with E-state index in [-0.39, 0.29) is 22.6 Å². The Kier molecular flexibility index (Phi) is 4.61. The maximum atomic E-state index is 13.2. The Labute approximate surface area is 125 Å². The van der Waals surface area contributed by atoms with E-state index in [2.05, 4.69) is 10.3 Å². The van der Waals surface area contributed by atoms with Gasteiger partial charge in [-0.2, -0.15) is 13.2 Å². The molecule has 2 atom stereocenters. The average Bonchev–Trinajstić information content (AvgIpc) is 2.77. The highest BCUT2D eigenvalue weighted by molar-refractivity contribution is 8.15. The highest BCUT2D eigenvalue weighted by Gasteiger charge is 2.42. The number of amides is 1. The van der Waals surface area contributed by atoms with Crippen molar-refractivity contribution in [2.45, 2.75) is 31.3 Å². The van der Waals surface area contributed by atoms with E-state index < -0.39 is 17.5 Å². The van der Waals surface area contributed by atoms with Crippen molar-refractivity contribution in [3.8, 4) is 0 Å². The number of aliphatic imine (C=N–C) groups is 1. The number of hydrogen-bond donors (Lipinski definition) is 1. The highest BCUT2D eigenvalue weighted by Crippen LogP contribution is 2.37. The molecular weight excluding hydrogens is 301 g/mol. The number of thioether (sulfide) groups is 1. The summed E-state index contributed by atoms with van der Waals surface area (Å²) in [7, 11) is 0. The molecule has 21 heavy (non-hydrogen) atoms. The summed E-state index contributed by atoms with van der Waals surface area (Å²) >= 11 is 1.06. The van der Waals surface area contributed by atoms with Crippen LogP contribution in [0.3, 0.4) is 0 Å². The fourth-order valence-corrected chi connectivity index (χ4v) is 2.98. The molecule has 0 saturated carbocycles. The predicted molar refractivity (Wildman–Crippen MR) is 77.0 cm³/mol. The number of nitrogens with one attached hydrogen (secondary N) is 1. The monoisotopic (exact) mass is 316 g/mol. The first-order valence-corrected chi connectivity index (χ1v) is 7.34. The van der Waals surface area contributed by atoms with Crippen molar-refractivity contribution < 1.29 is 18.0 Å². The molecule has 1 aliphatic heterocycles. The molecule has 1 fully saturated rings. The molecule has 1 aliphatic rings. The maximum absolute atomic E-state index is 13.2. The second-order valence-electron chi connectivity index (χ2n) is 5.06. The third-order valence-electron chi connectivity index (χ3n) is 3.00. The summed E-state index contributed by atoms with van der Waals surface area (Å²) in [6.45, 7) is 3.69. The number of alkyl halides is 3. The number of amidine groups is 1. The zero-order valence-corrected chi connectivity index (χ0v) is 12.3. The van der Waals surface area contributed by atoms with Crippen LogP contribution in [-0.2, 0) is 4.79 Å². The van der Waals surface area contributed by atoms with E-state index in [0.29, 0.717) is 0 Å². The second kappa shape index (κ2) is 6.09. The topological polar surface area (TPSA) is 41.5 Å². The molecule has 1 aromatic rings. The van der Waals surface area contributed by atoms with Crippen LogP contribution in [0, 0.1) is 5.92 Å². The van der Waals surface area contributed by atoms with E-state index >= 15 is 0 Å². The molecule has 1 heterocycles. The summed E-state index contributed by atoms with van der Waals surface area (Å²) in [5.74, 6) is -0.258. The first kappa shape index (κ1) is 15.9. The Balaban J connectivity index is 2.29. The molecule has 0 aliphatic carbocycles. The predicted octanol–water partition coefficient (Wildman–Crippen LogP) is 3.53. The molecule has 1 amide bonds. The Hall–Kier alpha value is -1.50. The number of nitrogens with zero attached hydrogens (tertiary/aromatic N) is 1. The van der Waals surface area contributed by atoms with E-state index in [1.165, 1.54) is 24.3 Å². The Morgan fingerprint density at radius 3 is 2.33 bits per heavy atom. The Morgan fingerprint density at radius 1 is 1.24 bits per heavy atom. The number of benzene rings is 1. The summed E-state index contributed by atoms with van der Waals surface area (Å²) in [5, 5.41) is 2.07. The summed E-state index contributed by atoms with van der Waals surface area (Å²) in [6.07, 6.45) is -4.50. The fourth-order valence-electron chi connectivity index (χ4n) is 1.97. The lowest BCUT2D eigenvalue weighted by Gasteiger charge is -2.17. The van der Waals surface area contributed by atoms with Crippen molar-refractivity contribution in [1.82, 2.24) is 5.32 Å². The molecule has 0 aromatic heterocycles. The van der Waals surface area contributed by atoms with E-state index in [1.807, 2.05) is 13.8 Å². The van der Waals surface area contributed by atoms with Gasteiger partial charge in [-0.3, -0.25) is 4.79 Å². The molecule has 114 valence electrons. The Morgan fingerprint density at radius 2 is 1.86 bits per heavy atom.